The maximum absolute atomic E-state index is 13.5. The Balaban J connectivity index is 1.53. The largest absolute Gasteiger partial charge is 0.477 e. The van der Waals surface area contributed by atoms with Crippen LogP contribution < -0.4 is 20.7 Å². The first-order chi connectivity index (χ1) is 16.9. The average molecular weight is 500 g/mol. The number of nitrogens with one attached hydrogen (secondary N) is 3. The van der Waals surface area contributed by atoms with Gasteiger partial charge in [0.25, 0.3) is 5.91 Å². The lowest BCUT2D eigenvalue weighted by Crippen LogP contribution is -2.62. The molecule has 36 heavy (non-hydrogen) atoms. The molecular formula is C27H41N5O4. The fourth-order valence-electron chi connectivity index (χ4n) is 6.79. The molecule has 9 nitrogen and oxygen atoms in total. The van der Waals surface area contributed by atoms with Crippen molar-refractivity contribution < 1.29 is 19.1 Å². The molecule has 1 aromatic heterocycles. The SMILES string of the molecule is CNC(=O)C12CC3CC(C1)C(NC(=O)c1cnn(/C=C/C(C)(C)NC(C)=O)c1OCC(C)C)C(C3)C2. The molecule has 0 aromatic carbocycles. The molecular weight excluding hydrogens is 458 g/mol. The summed E-state index contributed by atoms with van der Waals surface area (Å²) in [7, 11) is 1.72. The van der Waals surface area contributed by atoms with Crippen LogP contribution in [0.1, 0.15) is 77.1 Å². The summed E-state index contributed by atoms with van der Waals surface area (Å²) in [5.74, 6) is 1.69. The van der Waals surface area contributed by atoms with E-state index in [1.165, 1.54) is 6.92 Å². The van der Waals surface area contributed by atoms with Crippen LogP contribution in [-0.2, 0) is 9.59 Å². The molecule has 0 spiro atoms. The molecule has 4 aliphatic rings. The predicted molar refractivity (Wildman–Crippen MR) is 137 cm³/mol. The smallest absolute Gasteiger partial charge is 0.258 e. The Hall–Kier alpha value is -2.84. The number of rotatable bonds is 9. The molecule has 4 saturated carbocycles. The number of nitrogens with zero attached hydrogens (tertiary/aromatic N) is 2. The molecule has 0 saturated heterocycles. The van der Waals surface area contributed by atoms with Crippen molar-refractivity contribution >= 4 is 23.9 Å². The molecule has 4 aliphatic carbocycles. The summed E-state index contributed by atoms with van der Waals surface area (Å²) in [6.45, 7) is 9.78. The Kier molecular flexibility index (Phi) is 7.21. The monoisotopic (exact) mass is 499 g/mol. The van der Waals surface area contributed by atoms with E-state index >= 15 is 0 Å². The van der Waals surface area contributed by atoms with Crippen LogP contribution in [0.3, 0.4) is 0 Å². The standard InChI is InChI=1S/C27H41N5O4/c1-16(2)15-36-24-21(14-29-32(24)8-7-26(4,5)31-17(3)33)23(34)30-22-19-9-18-10-20(22)13-27(11-18,12-19)25(35)28-6/h7-8,14,16,18-20,22H,9-13,15H2,1-6H3,(H,28,35)(H,30,34)(H,31,33)/b8-7+. The number of hydrogen-bond donors (Lipinski definition) is 3. The summed E-state index contributed by atoms with van der Waals surface area (Å²) < 4.78 is 7.61. The molecule has 1 aromatic rings. The molecule has 0 radical (unpaired) electrons. The van der Waals surface area contributed by atoms with E-state index in [1.807, 2.05) is 33.8 Å². The second-order valence-electron chi connectivity index (χ2n) is 12.1. The Labute approximate surface area is 213 Å². The number of carbonyl (C=O) groups is 3. The van der Waals surface area contributed by atoms with Gasteiger partial charge in [0.1, 0.15) is 5.56 Å². The van der Waals surface area contributed by atoms with Crippen LogP contribution in [-0.4, -0.2) is 52.7 Å². The van der Waals surface area contributed by atoms with Gasteiger partial charge in [0.2, 0.25) is 17.7 Å². The van der Waals surface area contributed by atoms with Crippen molar-refractivity contribution in [3.05, 3.63) is 17.8 Å². The van der Waals surface area contributed by atoms with Crippen molar-refractivity contribution in [3.63, 3.8) is 0 Å². The third-order valence-electron chi connectivity index (χ3n) is 7.96. The van der Waals surface area contributed by atoms with Gasteiger partial charge in [-0.25, -0.2) is 4.68 Å². The van der Waals surface area contributed by atoms with E-state index in [0.717, 1.165) is 32.1 Å². The van der Waals surface area contributed by atoms with Crippen molar-refractivity contribution in [3.8, 4) is 5.88 Å². The minimum Gasteiger partial charge on any atom is -0.477 e. The number of ether oxygens (including phenoxy) is 1. The first kappa shape index (κ1) is 26.2. The summed E-state index contributed by atoms with van der Waals surface area (Å²) in [4.78, 5) is 37.8. The third kappa shape index (κ3) is 5.30. The zero-order valence-electron chi connectivity index (χ0n) is 22.4. The Bertz CT molecular complexity index is 1030. The van der Waals surface area contributed by atoms with Gasteiger partial charge < -0.3 is 20.7 Å². The van der Waals surface area contributed by atoms with Gasteiger partial charge >= 0.3 is 0 Å². The minimum atomic E-state index is -0.587. The molecule has 2 atom stereocenters. The second-order valence-corrected chi connectivity index (χ2v) is 12.1. The molecule has 2 unspecified atom stereocenters. The average Bonchev–Trinajstić information content (AvgIpc) is 3.19. The van der Waals surface area contributed by atoms with E-state index in [0.29, 0.717) is 35.8 Å². The van der Waals surface area contributed by atoms with Crippen LogP contribution in [0.5, 0.6) is 5.88 Å². The van der Waals surface area contributed by atoms with E-state index in [4.69, 9.17) is 4.74 Å². The number of aromatic nitrogens is 2. The zero-order chi connectivity index (χ0) is 26.3. The van der Waals surface area contributed by atoms with Crippen molar-refractivity contribution in [2.24, 2.45) is 29.1 Å². The van der Waals surface area contributed by atoms with E-state index in [1.54, 1.807) is 24.1 Å². The molecule has 9 heteroatoms. The Morgan fingerprint density at radius 3 is 2.47 bits per heavy atom. The highest BCUT2D eigenvalue weighted by Crippen LogP contribution is 2.60. The lowest BCUT2D eigenvalue weighted by molar-refractivity contribution is -0.148. The summed E-state index contributed by atoms with van der Waals surface area (Å²) >= 11 is 0. The maximum atomic E-state index is 13.5. The van der Waals surface area contributed by atoms with Crippen LogP contribution in [0, 0.1) is 29.1 Å². The normalized spacial score (nSPS) is 29.0. The molecule has 1 heterocycles. The van der Waals surface area contributed by atoms with Gasteiger partial charge in [-0.3, -0.25) is 14.4 Å². The van der Waals surface area contributed by atoms with Crippen LogP contribution in [0.2, 0.25) is 0 Å². The van der Waals surface area contributed by atoms with Gasteiger partial charge in [-0.2, -0.15) is 5.10 Å². The Morgan fingerprint density at radius 1 is 1.22 bits per heavy atom. The second kappa shape index (κ2) is 9.90. The minimum absolute atomic E-state index is 0.0578. The lowest BCUT2D eigenvalue weighted by atomic mass is 9.47. The number of hydrogen-bond acceptors (Lipinski definition) is 5. The molecule has 198 valence electrons. The van der Waals surface area contributed by atoms with Crippen molar-refractivity contribution in [1.29, 1.82) is 0 Å². The van der Waals surface area contributed by atoms with Crippen LogP contribution >= 0.6 is 0 Å². The van der Waals surface area contributed by atoms with Gasteiger partial charge in [0.05, 0.1) is 23.8 Å². The first-order valence-corrected chi connectivity index (χ1v) is 13.1. The van der Waals surface area contributed by atoms with Gasteiger partial charge in [0, 0.05) is 26.2 Å². The van der Waals surface area contributed by atoms with E-state index < -0.39 is 5.54 Å². The number of carbonyl (C=O) groups excluding carboxylic acids is 3. The van der Waals surface area contributed by atoms with Crippen molar-refractivity contribution in [2.45, 2.75) is 78.3 Å². The summed E-state index contributed by atoms with van der Waals surface area (Å²) in [5.41, 5.74) is -0.460. The van der Waals surface area contributed by atoms with Gasteiger partial charge in [-0.05, 0) is 75.7 Å². The van der Waals surface area contributed by atoms with Gasteiger partial charge in [0.15, 0.2) is 0 Å². The maximum Gasteiger partial charge on any atom is 0.258 e. The summed E-state index contributed by atoms with van der Waals surface area (Å²) in [6, 6.07) is 0.0578. The molecule has 5 rings (SSSR count). The van der Waals surface area contributed by atoms with E-state index in [-0.39, 0.29) is 35.1 Å². The highest BCUT2D eigenvalue weighted by molar-refractivity contribution is 5.96. The fraction of sp³-hybridized carbons (Fsp3) is 0.704. The van der Waals surface area contributed by atoms with Crippen molar-refractivity contribution in [2.75, 3.05) is 13.7 Å². The molecule has 3 amide bonds. The predicted octanol–water partition coefficient (Wildman–Crippen LogP) is 2.97. The van der Waals surface area contributed by atoms with E-state index in [9.17, 15) is 14.4 Å². The molecule has 4 fully saturated rings. The first-order valence-electron chi connectivity index (χ1n) is 13.1. The van der Waals surface area contributed by atoms with E-state index in [2.05, 4.69) is 21.0 Å². The van der Waals surface area contributed by atoms with Crippen LogP contribution in [0.25, 0.3) is 6.20 Å². The summed E-state index contributed by atoms with van der Waals surface area (Å²) in [6.07, 6.45) is 9.86. The topological polar surface area (TPSA) is 114 Å². The number of amides is 3. The highest BCUT2D eigenvalue weighted by atomic mass is 16.5. The summed E-state index contributed by atoms with van der Waals surface area (Å²) in [5, 5.41) is 13.5. The third-order valence-corrected chi connectivity index (χ3v) is 7.96. The zero-order valence-corrected chi connectivity index (χ0v) is 22.4. The quantitative estimate of drug-likeness (QED) is 0.483. The highest BCUT2D eigenvalue weighted by Gasteiger charge is 2.58. The molecule has 0 aliphatic heterocycles. The molecule has 4 bridgehead atoms. The lowest BCUT2D eigenvalue weighted by Gasteiger charge is -2.59. The van der Waals surface area contributed by atoms with Crippen LogP contribution in [0.4, 0.5) is 0 Å². The van der Waals surface area contributed by atoms with Gasteiger partial charge in [-0.1, -0.05) is 13.8 Å². The fourth-order valence-corrected chi connectivity index (χ4v) is 6.79. The van der Waals surface area contributed by atoms with Crippen molar-refractivity contribution in [1.82, 2.24) is 25.7 Å². The van der Waals surface area contributed by atoms with Crippen LogP contribution in [0.15, 0.2) is 12.3 Å². The van der Waals surface area contributed by atoms with Gasteiger partial charge in [-0.15, -0.1) is 0 Å². The molecule has 3 N–H and O–H groups in total. The Morgan fingerprint density at radius 2 is 1.89 bits per heavy atom.